The highest BCUT2D eigenvalue weighted by Gasteiger charge is 2.44. The molecule has 0 bridgehead atoms. The second kappa shape index (κ2) is 8.28. The molecule has 164 valence electrons. The first-order valence-electron chi connectivity index (χ1n) is 11.1. The Labute approximate surface area is 187 Å². The van der Waals surface area contributed by atoms with Crippen molar-refractivity contribution in [2.24, 2.45) is 5.41 Å². The zero-order chi connectivity index (χ0) is 21.4. The van der Waals surface area contributed by atoms with Crippen molar-refractivity contribution < 1.29 is 9.53 Å². The van der Waals surface area contributed by atoms with Gasteiger partial charge >= 0.3 is 0 Å². The van der Waals surface area contributed by atoms with Crippen LogP contribution in [0.3, 0.4) is 0 Å². The molecule has 2 aromatic rings. The van der Waals surface area contributed by atoms with Crippen molar-refractivity contribution in [3.05, 3.63) is 41.0 Å². The van der Waals surface area contributed by atoms with E-state index in [1.807, 2.05) is 18.2 Å². The summed E-state index contributed by atoms with van der Waals surface area (Å²) >= 11 is 6.19. The standard InChI is InChI=1S/C23H28ClN5O2/c1-16-15-29(13-14-31-16)20-4-2-3-19(26-20)27-22(30)17-5-6-18(24)25-21(17)28-11-9-23(7-8-23)10-12-28/h2-6,16H,7-15H2,1H3,(H,26,27,30). The fourth-order valence-electron chi connectivity index (χ4n) is 4.59. The Morgan fingerprint density at radius 1 is 1.10 bits per heavy atom. The first-order valence-corrected chi connectivity index (χ1v) is 11.5. The summed E-state index contributed by atoms with van der Waals surface area (Å²) in [6.07, 6.45) is 5.14. The third kappa shape index (κ3) is 4.48. The number of rotatable bonds is 4. The summed E-state index contributed by atoms with van der Waals surface area (Å²) in [4.78, 5) is 26.7. The van der Waals surface area contributed by atoms with Gasteiger partial charge < -0.3 is 19.9 Å². The molecule has 0 radical (unpaired) electrons. The minimum atomic E-state index is -0.217. The van der Waals surface area contributed by atoms with Gasteiger partial charge in [-0.1, -0.05) is 17.7 Å². The molecule has 2 aromatic heterocycles. The maximum Gasteiger partial charge on any atom is 0.260 e. The maximum atomic E-state index is 13.2. The van der Waals surface area contributed by atoms with E-state index in [-0.39, 0.29) is 12.0 Å². The highest BCUT2D eigenvalue weighted by Crippen LogP contribution is 2.54. The largest absolute Gasteiger partial charge is 0.375 e. The summed E-state index contributed by atoms with van der Waals surface area (Å²) in [5.74, 6) is 1.82. The number of nitrogens with zero attached hydrogens (tertiary/aromatic N) is 4. The number of halogens is 1. The number of morpholine rings is 1. The number of hydrogen-bond donors (Lipinski definition) is 1. The number of piperidine rings is 1. The molecule has 4 heterocycles. The number of aromatic nitrogens is 2. The Hall–Kier alpha value is -2.38. The first kappa shape index (κ1) is 20.5. The molecular weight excluding hydrogens is 414 g/mol. The van der Waals surface area contributed by atoms with Crippen molar-refractivity contribution in [1.29, 1.82) is 0 Å². The van der Waals surface area contributed by atoms with Crippen LogP contribution >= 0.6 is 11.6 Å². The zero-order valence-electron chi connectivity index (χ0n) is 17.8. The number of nitrogens with one attached hydrogen (secondary N) is 1. The molecule has 2 saturated heterocycles. The zero-order valence-corrected chi connectivity index (χ0v) is 18.6. The fourth-order valence-corrected chi connectivity index (χ4v) is 4.74. The number of pyridine rings is 2. The summed E-state index contributed by atoms with van der Waals surface area (Å²) in [5, 5.41) is 3.36. The molecule has 7 nitrogen and oxygen atoms in total. The lowest BCUT2D eigenvalue weighted by Crippen LogP contribution is -2.41. The average molecular weight is 442 g/mol. The van der Waals surface area contributed by atoms with Crippen molar-refractivity contribution in [3.8, 4) is 0 Å². The van der Waals surface area contributed by atoms with Crippen LogP contribution in [0, 0.1) is 5.41 Å². The molecule has 1 atom stereocenters. The van der Waals surface area contributed by atoms with Gasteiger partial charge in [0.25, 0.3) is 5.91 Å². The van der Waals surface area contributed by atoms with Crippen LogP contribution in [0.25, 0.3) is 0 Å². The molecule has 1 spiro atoms. The van der Waals surface area contributed by atoms with Gasteiger partial charge in [-0.05, 0) is 62.3 Å². The number of ether oxygens (including phenoxy) is 1. The smallest absolute Gasteiger partial charge is 0.260 e. The summed E-state index contributed by atoms with van der Waals surface area (Å²) in [6, 6.07) is 9.12. The Bertz CT molecular complexity index is 970. The fraction of sp³-hybridized carbons (Fsp3) is 0.522. The third-order valence-corrected chi connectivity index (χ3v) is 6.92. The third-order valence-electron chi connectivity index (χ3n) is 6.71. The van der Waals surface area contributed by atoms with Crippen molar-refractivity contribution in [1.82, 2.24) is 9.97 Å². The highest BCUT2D eigenvalue weighted by atomic mass is 35.5. The molecule has 8 heteroatoms. The maximum absolute atomic E-state index is 13.2. The van der Waals surface area contributed by atoms with Crippen LogP contribution in [0.2, 0.25) is 5.15 Å². The Balaban J connectivity index is 1.33. The van der Waals surface area contributed by atoms with E-state index in [0.717, 1.165) is 44.8 Å². The predicted octanol–water partition coefficient (Wildman–Crippen LogP) is 3.99. The van der Waals surface area contributed by atoms with Crippen LogP contribution in [0.1, 0.15) is 43.0 Å². The number of amides is 1. The molecule has 1 amide bonds. The molecule has 31 heavy (non-hydrogen) atoms. The van der Waals surface area contributed by atoms with Gasteiger partial charge in [0, 0.05) is 26.2 Å². The highest BCUT2D eigenvalue weighted by molar-refractivity contribution is 6.29. The molecular formula is C23H28ClN5O2. The molecule has 1 N–H and O–H groups in total. The van der Waals surface area contributed by atoms with E-state index >= 15 is 0 Å². The molecule has 1 saturated carbocycles. The Morgan fingerprint density at radius 3 is 2.65 bits per heavy atom. The molecule has 3 aliphatic rings. The normalized spacial score (nSPS) is 22.5. The molecule has 1 unspecified atom stereocenters. The molecule has 2 aliphatic heterocycles. The lowest BCUT2D eigenvalue weighted by Gasteiger charge is -2.34. The summed E-state index contributed by atoms with van der Waals surface area (Å²) < 4.78 is 5.62. The van der Waals surface area contributed by atoms with E-state index in [4.69, 9.17) is 16.3 Å². The van der Waals surface area contributed by atoms with Crippen LogP contribution in [0.4, 0.5) is 17.5 Å². The minimum absolute atomic E-state index is 0.163. The predicted molar refractivity (Wildman–Crippen MR) is 122 cm³/mol. The molecule has 1 aliphatic carbocycles. The number of hydrogen-bond acceptors (Lipinski definition) is 6. The van der Waals surface area contributed by atoms with Crippen LogP contribution in [-0.4, -0.2) is 54.8 Å². The van der Waals surface area contributed by atoms with Gasteiger partial charge in [0.05, 0.1) is 18.3 Å². The minimum Gasteiger partial charge on any atom is -0.375 e. The number of carbonyl (C=O) groups excluding carboxylic acids is 1. The molecule has 0 aromatic carbocycles. The van der Waals surface area contributed by atoms with Gasteiger partial charge in [-0.25, -0.2) is 9.97 Å². The van der Waals surface area contributed by atoms with E-state index in [9.17, 15) is 4.79 Å². The molecule has 5 rings (SSSR count). The van der Waals surface area contributed by atoms with Crippen LogP contribution in [-0.2, 0) is 4.74 Å². The van der Waals surface area contributed by atoms with Crippen molar-refractivity contribution >= 4 is 35.0 Å². The lowest BCUT2D eigenvalue weighted by atomic mass is 9.93. The van der Waals surface area contributed by atoms with Crippen molar-refractivity contribution in [2.45, 2.75) is 38.7 Å². The average Bonchev–Trinajstić information content (AvgIpc) is 3.53. The summed E-state index contributed by atoms with van der Waals surface area (Å²) in [7, 11) is 0. The van der Waals surface area contributed by atoms with Crippen LogP contribution in [0.5, 0.6) is 0 Å². The number of anilines is 3. The second-order valence-corrected chi connectivity index (χ2v) is 9.34. The van der Waals surface area contributed by atoms with E-state index in [0.29, 0.717) is 34.4 Å². The van der Waals surface area contributed by atoms with Gasteiger partial charge in [-0.15, -0.1) is 0 Å². The Morgan fingerprint density at radius 2 is 1.90 bits per heavy atom. The molecule has 3 fully saturated rings. The Kier molecular flexibility index (Phi) is 5.48. The SMILES string of the molecule is CC1CN(c2cccc(NC(=O)c3ccc(Cl)nc3N3CCC4(CC3)CC4)n2)CCO1. The van der Waals surface area contributed by atoms with E-state index in [1.54, 1.807) is 12.1 Å². The lowest BCUT2D eigenvalue weighted by molar-refractivity contribution is 0.0529. The van der Waals surface area contributed by atoms with Gasteiger partial charge in [-0.3, -0.25) is 4.79 Å². The van der Waals surface area contributed by atoms with Crippen LogP contribution in [0.15, 0.2) is 30.3 Å². The van der Waals surface area contributed by atoms with E-state index in [2.05, 4.69) is 32.0 Å². The van der Waals surface area contributed by atoms with Gasteiger partial charge in [0.1, 0.15) is 22.6 Å². The first-order chi connectivity index (χ1) is 15.0. The van der Waals surface area contributed by atoms with Crippen molar-refractivity contribution in [2.75, 3.05) is 47.9 Å². The van der Waals surface area contributed by atoms with E-state index in [1.165, 1.54) is 12.8 Å². The van der Waals surface area contributed by atoms with Gasteiger partial charge in [0.2, 0.25) is 0 Å². The van der Waals surface area contributed by atoms with Gasteiger partial charge in [0.15, 0.2) is 0 Å². The monoisotopic (exact) mass is 441 g/mol. The summed E-state index contributed by atoms with van der Waals surface area (Å²) in [5.41, 5.74) is 1.09. The summed E-state index contributed by atoms with van der Waals surface area (Å²) in [6.45, 7) is 6.13. The quantitative estimate of drug-likeness (QED) is 0.723. The van der Waals surface area contributed by atoms with Crippen LogP contribution < -0.4 is 15.1 Å². The van der Waals surface area contributed by atoms with Gasteiger partial charge in [-0.2, -0.15) is 0 Å². The topological polar surface area (TPSA) is 70.6 Å². The second-order valence-electron chi connectivity index (χ2n) is 8.95. The van der Waals surface area contributed by atoms with E-state index < -0.39 is 0 Å². The number of carbonyl (C=O) groups is 1. The van der Waals surface area contributed by atoms with Crippen molar-refractivity contribution in [3.63, 3.8) is 0 Å².